The molecule has 7 heteroatoms. The van der Waals surface area contributed by atoms with Crippen LogP contribution in [0, 0.1) is 0 Å². The Morgan fingerprint density at radius 3 is 2.65 bits per heavy atom. The quantitative estimate of drug-likeness (QED) is 0.520. The number of carbonyl (C=O) groups excluding carboxylic acids is 2. The monoisotopic (exact) mass is 411 g/mol. The lowest BCUT2D eigenvalue weighted by atomic mass is 10.1. The van der Waals surface area contributed by atoms with Gasteiger partial charge in [-0.05, 0) is 48.4 Å². The summed E-state index contributed by atoms with van der Waals surface area (Å²) in [7, 11) is 0. The molecule has 0 saturated carbocycles. The standard InChI is InChI=1S/C24H17N3O4/c28-22(19-13-17-3-1-2-4-21(17)31-24(19)30)26-18-6-5-15-9-12-27(20(15)14-18)23(29)16-7-10-25-11-8-16/h1-8,10-11,13-14H,9,12H2,(H,26,28). The number of amides is 2. The maximum absolute atomic E-state index is 12.9. The van der Waals surface area contributed by atoms with Crippen molar-refractivity contribution in [1.82, 2.24) is 4.98 Å². The number of pyridine rings is 1. The van der Waals surface area contributed by atoms with Crippen molar-refractivity contribution >= 4 is 34.2 Å². The van der Waals surface area contributed by atoms with Crippen molar-refractivity contribution in [2.45, 2.75) is 6.42 Å². The van der Waals surface area contributed by atoms with Gasteiger partial charge in [0.25, 0.3) is 11.8 Å². The fourth-order valence-corrected chi connectivity index (χ4v) is 3.74. The van der Waals surface area contributed by atoms with Gasteiger partial charge < -0.3 is 14.6 Å². The van der Waals surface area contributed by atoms with E-state index in [2.05, 4.69) is 10.3 Å². The molecule has 152 valence electrons. The highest BCUT2D eigenvalue weighted by Gasteiger charge is 2.26. The number of hydrogen-bond acceptors (Lipinski definition) is 5. The number of anilines is 2. The van der Waals surface area contributed by atoms with Gasteiger partial charge in [0.2, 0.25) is 0 Å². The topological polar surface area (TPSA) is 92.5 Å². The maximum Gasteiger partial charge on any atom is 0.349 e. The number of nitrogens with zero attached hydrogens (tertiary/aromatic N) is 2. The van der Waals surface area contributed by atoms with Crippen LogP contribution in [-0.2, 0) is 6.42 Å². The van der Waals surface area contributed by atoms with Crippen molar-refractivity contribution < 1.29 is 14.0 Å². The van der Waals surface area contributed by atoms with Crippen molar-refractivity contribution in [3.8, 4) is 0 Å². The molecule has 0 spiro atoms. The molecule has 0 fully saturated rings. The average molecular weight is 411 g/mol. The predicted molar refractivity (Wildman–Crippen MR) is 116 cm³/mol. The van der Waals surface area contributed by atoms with Gasteiger partial charge >= 0.3 is 5.63 Å². The molecule has 3 heterocycles. The van der Waals surface area contributed by atoms with Gasteiger partial charge in [-0.2, -0.15) is 0 Å². The van der Waals surface area contributed by atoms with Crippen molar-refractivity contribution in [1.29, 1.82) is 0 Å². The van der Waals surface area contributed by atoms with Gasteiger partial charge in [0.05, 0.1) is 0 Å². The smallest absolute Gasteiger partial charge is 0.349 e. The molecule has 1 aliphatic heterocycles. The largest absolute Gasteiger partial charge is 0.422 e. The third-order valence-corrected chi connectivity index (χ3v) is 5.30. The number of nitrogens with one attached hydrogen (secondary N) is 1. The Balaban J connectivity index is 1.43. The van der Waals surface area contributed by atoms with Crippen LogP contribution >= 0.6 is 0 Å². The van der Waals surface area contributed by atoms with Gasteiger partial charge in [-0.25, -0.2) is 4.79 Å². The minimum absolute atomic E-state index is 0.0797. The summed E-state index contributed by atoms with van der Waals surface area (Å²) in [6, 6.07) is 17.3. The van der Waals surface area contributed by atoms with Crippen LogP contribution in [0.25, 0.3) is 11.0 Å². The molecule has 1 N–H and O–H groups in total. The fourth-order valence-electron chi connectivity index (χ4n) is 3.74. The molecule has 2 amide bonds. The van der Waals surface area contributed by atoms with Gasteiger partial charge in [0.1, 0.15) is 11.1 Å². The Morgan fingerprint density at radius 1 is 1.00 bits per heavy atom. The number of fused-ring (bicyclic) bond motifs is 2. The highest BCUT2D eigenvalue weighted by Crippen LogP contribution is 2.32. The van der Waals surface area contributed by atoms with Crippen LogP contribution in [0.5, 0.6) is 0 Å². The molecule has 5 rings (SSSR count). The van der Waals surface area contributed by atoms with Crippen LogP contribution in [0.3, 0.4) is 0 Å². The Bertz CT molecular complexity index is 1380. The number of carbonyl (C=O) groups is 2. The second-order valence-electron chi connectivity index (χ2n) is 7.23. The van der Waals surface area contributed by atoms with Crippen molar-refractivity contribution in [3.05, 3.63) is 100 Å². The molecule has 4 aromatic rings. The molecule has 2 aromatic heterocycles. The Kier molecular flexibility index (Phi) is 4.55. The zero-order valence-corrected chi connectivity index (χ0v) is 16.4. The summed E-state index contributed by atoms with van der Waals surface area (Å²) in [6.07, 6.45) is 3.89. The summed E-state index contributed by atoms with van der Waals surface area (Å²) in [4.78, 5) is 43.5. The molecule has 0 radical (unpaired) electrons. The molecule has 2 aromatic carbocycles. The lowest BCUT2D eigenvalue weighted by molar-refractivity contribution is 0.0987. The second kappa shape index (κ2) is 7.53. The maximum atomic E-state index is 12.9. The molecule has 0 aliphatic carbocycles. The van der Waals surface area contributed by atoms with Crippen molar-refractivity contribution in [3.63, 3.8) is 0 Å². The lowest BCUT2D eigenvalue weighted by Crippen LogP contribution is -2.29. The van der Waals surface area contributed by atoms with E-state index in [4.69, 9.17) is 4.42 Å². The van der Waals surface area contributed by atoms with E-state index in [1.807, 2.05) is 6.07 Å². The zero-order valence-electron chi connectivity index (χ0n) is 16.4. The van der Waals surface area contributed by atoms with Crippen LogP contribution in [0.2, 0.25) is 0 Å². The Morgan fingerprint density at radius 2 is 1.81 bits per heavy atom. The van der Waals surface area contributed by atoms with E-state index < -0.39 is 11.5 Å². The molecule has 31 heavy (non-hydrogen) atoms. The van der Waals surface area contributed by atoms with Crippen LogP contribution in [0.4, 0.5) is 11.4 Å². The van der Waals surface area contributed by atoms with Gasteiger partial charge in [0, 0.05) is 41.3 Å². The SMILES string of the molecule is O=C(Nc1ccc2c(c1)N(C(=O)c1ccncc1)CC2)c1cc2ccccc2oc1=O. The molecule has 7 nitrogen and oxygen atoms in total. The number of aromatic nitrogens is 1. The molecule has 0 saturated heterocycles. The van der Waals surface area contributed by atoms with E-state index in [1.54, 1.807) is 65.8 Å². The van der Waals surface area contributed by atoms with E-state index in [0.717, 1.165) is 17.7 Å². The summed E-state index contributed by atoms with van der Waals surface area (Å²) >= 11 is 0. The third kappa shape index (κ3) is 3.46. The van der Waals surface area contributed by atoms with Crippen molar-refractivity contribution in [2.24, 2.45) is 0 Å². The molecule has 1 aliphatic rings. The predicted octanol–water partition coefficient (Wildman–Crippen LogP) is 3.64. The van der Waals surface area contributed by atoms with Crippen LogP contribution in [0.1, 0.15) is 26.3 Å². The fraction of sp³-hybridized carbons (Fsp3) is 0.0833. The first kappa shape index (κ1) is 18.7. The minimum Gasteiger partial charge on any atom is -0.422 e. The summed E-state index contributed by atoms with van der Waals surface area (Å²) in [5, 5.41) is 3.41. The minimum atomic E-state index is -0.702. The highest BCUT2D eigenvalue weighted by molar-refractivity contribution is 6.09. The molecular weight excluding hydrogens is 394 g/mol. The lowest BCUT2D eigenvalue weighted by Gasteiger charge is -2.18. The average Bonchev–Trinajstić information content (AvgIpc) is 3.22. The summed E-state index contributed by atoms with van der Waals surface area (Å²) in [5.74, 6) is -0.690. The zero-order chi connectivity index (χ0) is 21.4. The van der Waals surface area contributed by atoms with E-state index in [-0.39, 0.29) is 11.5 Å². The van der Waals surface area contributed by atoms with Gasteiger partial charge in [-0.15, -0.1) is 0 Å². The normalized spacial score (nSPS) is 12.6. The van der Waals surface area contributed by atoms with Crippen LogP contribution in [-0.4, -0.2) is 23.3 Å². The Labute approximate surface area is 176 Å². The first-order valence-electron chi connectivity index (χ1n) is 9.79. The van der Waals surface area contributed by atoms with Crippen LogP contribution < -0.4 is 15.8 Å². The van der Waals surface area contributed by atoms with Gasteiger partial charge in [-0.3, -0.25) is 14.6 Å². The Hall–Kier alpha value is -4.26. The van der Waals surface area contributed by atoms with Crippen LogP contribution in [0.15, 0.2) is 82.3 Å². The molecule has 0 atom stereocenters. The third-order valence-electron chi connectivity index (χ3n) is 5.30. The van der Waals surface area contributed by atoms with E-state index in [1.165, 1.54) is 6.07 Å². The summed E-state index contributed by atoms with van der Waals surface area (Å²) in [6.45, 7) is 0.558. The number of para-hydroxylation sites is 1. The molecule has 0 unspecified atom stereocenters. The van der Waals surface area contributed by atoms with E-state index in [0.29, 0.717) is 28.8 Å². The number of benzene rings is 2. The summed E-state index contributed by atoms with van der Waals surface area (Å²) < 4.78 is 5.25. The number of hydrogen-bond donors (Lipinski definition) is 1. The summed E-state index contributed by atoms with van der Waals surface area (Å²) in [5.41, 5.74) is 2.44. The van der Waals surface area contributed by atoms with E-state index in [9.17, 15) is 14.4 Å². The first-order chi connectivity index (χ1) is 15.1. The second-order valence-corrected chi connectivity index (χ2v) is 7.23. The number of rotatable bonds is 3. The molecular formula is C24H17N3O4. The van der Waals surface area contributed by atoms with Gasteiger partial charge in [0.15, 0.2) is 0 Å². The van der Waals surface area contributed by atoms with Gasteiger partial charge in [-0.1, -0.05) is 24.3 Å². The molecule has 0 bridgehead atoms. The van der Waals surface area contributed by atoms with E-state index >= 15 is 0 Å². The van der Waals surface area contributed by atoms with Crippen molar-refractivity contribution in [2.75, 3.05) is 16.8 Å². The highest BCUT2D eigenvalue weighted by atomic mass is 16.4. The first-order valence-corrected chi connectivity index (χ1v) is 9.79.